The molecule has 1 aliphatic heterocycles. The van der Waals surface area contributed by atoms with Crippen LogP contribution in [0.5, 0.6) is 5.75 Å². The van der Waals surface area contributed by atoms with E-state index in [1.165, 1.54) is 5.56 Å². The number of ether oxygens (including phenoxy) is 1. The van der Waals surface area contributed by atoms with E-state index in [2.05, 4.69) is 47.1 Å². The van der Waals surface area contributed by atoms with Crippen LogP contribution in [0.3, 0.4) is 0 Å². The molecule has 0 saturated carbocycles. The highest BCUT2D eigenvalue weighted by Crippen LogP contribution is 2.30. The van der Waals surface area contributed by atoms with Crippen LogP contribution in [-0.4, -0.2) is 62.3 Å². The van der Waals surface area contributed by atoms with Crippen LogP contribution in [0.1, 0.15) is 19.4 Å². The lowest BCUT2D eigenvalue weighted by atomic mass is 10.1. The highest BCUT2D eigenvalue weighted by molar-refractivity contribution is 5.93. The summed E-state index contributed by atoms with van der Waals surface area (Å²) in [7, 11) is 0. The van der Waals surface area contributed by atoms with Crippen molar-refractivity contribution < 1.29 is 4.74 Å². The van der Waals surface area contributed by atoms with E-state index in [4.69, 9.17) is 4.74 Å². The number of aromatic nitrogens is 5. The number of piperazine rings is 1. The van der Waals surface area contributed by atoms with E-state index in [0.29, 0.717) is 0 Å². The van der Waals surface area contributed by atoms with Gasteiger partial charge in [-0.1, -0.05) is 0 Å². The molecule has 1 fully saturated rings. The van der Waals surface area contributed by atoms with Gasteiger partial charge in [-0.25, -0.2) is 9.97 Å². The summed E-state index contributed by atoms with van der Waals surface area (Å²) < 4.78 is 5.86. The lowest BCUT2D eigenvalue weighted by Gasteiger charge is -2.35. The maximum atomic E-state index is 5.86. The first kappa shape index (κ1) is 20.4. The Bertz CT molecular complexity index is 1180. The summed E-state index contributed by atoms with van der Waals surface area (Å²) in [6.07, 6.45) is 5.45. The van der Waals surface area contributed by atoms with Crippen molar-refractivity contribution in [3.8, 4) is 17.1 Å². The molecule has 0 amide bonds. The number of hydrogen-bond acceptors (Lipinski definition) is 7. The Morgan fingerprint density at radius 2 is 1.81 bits per heavy atom. The number of anilines is 1. The fraction of sp³-hybridized carbons (Fsp3) is 0.333. The van der Waals surface area contributed by atoms with E-state index in [9.17, 15) is 0 Å². The van der Waals surface area contributed by atoms with Crippen LogP contribution in [0.2, 0.25) is 0 Å². The predicted molar refractivity (Wildman–Crippen MR) is 125 cm³/mol. The average Bonchev–Trinajstić information content (AvgIpc) is 3.23. The average molecular weight is 430 g/mol. The van der Waals surface area contributed by atoms with Crippen molar-refractivity contribution in [1.29, 1.82) is 0 Å². The van der Waals surface area contributed by atoms with Crippen molar-refractivity contribution in [2.75, 3.05) is 31.1 Å². The van der Waals surface area contributed by atoms with E-state index in [0.717, 1.165) is 66.6 Å². The number of nitrogens with zero attached hydrogens (tertiary/aromatic N) is 6. The zero-order valence-electron chi connectivity index (χ0n) is 18.4. The third kappa shape index (κ3) is 4.40. The fourth-order valence-corrected chi connectivity index (χ4v) is 4.06. The second-order valence-corrected chi connectivity index (χ2v) is 8.33. The number of fused-ring (bicyclic) bond motifs is 1. The van der Waals surface area contributed by atoms with Crippen molar-refractivity contribution in [1.82, 2.24) is 30.0 Å². The molecule has 0 bridgehead atoms. The molecule has 0 spiro atoms. The zero-order chi connectivity index (χ0) is 21.9. The van der Waals surface area contributed by atoms with Gasteiger partial charge in [0.1, 0.15) is 23.6 Å². The van der Waals surface area contributed by atoms with E-state index >= 15 is 0 Å². The Morgan fingerprint density at radius 1 is 1.00 bits per heavy atom. The van der Waals surface area contributed by atoms with Gasteiger partial charge in [0, 0.05) is 56.6 Å². The van der Waals surface area contributed by atoms with Gasteiger partial charge in [0.05, 0.1) is 17.3 Å². The molecule has 3 aromatic heterocycles. The number of hydrogen-bond donors (Lipinski definition) is 1. The molecule has 0 atom stereocenters. The summed E-state index contributed by atoms with van der Waals surface area (Å²) in [4.78, 5) is 17.9. The van der Waals surface area contributed by atoms with Crippen LogP contribution in [0.15, 0.2) is 55.1 Å². The van der Waals surface area contributed by atoms with E-state index in [-0.39, 0.29) is 6.10 Å². The third-order valence-corrected chi connectivity index (χ3v) is 5.65. The smallest absolute Gasteiger partial charge is 0.132 e. The van der Waals surface area contributed by atoms with Crippen LogP contribution in [0.4, 0.5) is 5.82 Å². The number of aromatic amines is 1. The standard InChI is InChI=1S/C24H27N7O/c1-17(2)32-19-3-4-21-20(13-19)24(29-28-21)22-14-23(27-16-26-22)31-11-9-30(10-12-31)15-18-5-7-25-8-6-18/h3-8,13-14,16-17H,9-12,15H2,1-2H3,(H,28,29). The van der Waals surface area contributed by atoms with Crippen molar-refractivity contribution in [3.63, 3.8) is 0 Å². The molecule has 32 heavy (non-hydrogen) atoms. The van der Waals surface area contributed by atoms with E-state index in [1.54, 1.807) is 6.33 Å². The molecule has 8 heteroatoms. The largest absolute Gasteiger partial charge is 0.491 e. The summed E-state index contributed by atoms with van der Waals surface area (Å²) in [6, 6.07) is 12.2. The number of benzene rings is 1. The summed E-state index contributed by atoms with van der Waals surface area (Å²) in [5.74, 6) is 1.76. The molecule has 1 aliphatic rings. The van der Waals surface area contributed by atoms with Crippen LogP contribution in [0, 0.1) is 0 Å². The monoisotopic (exact) mass is 429 g/mol. The normalized spacial score (nSPS) is 14.9. The predicted octanol–water partition coefficient (Wildman–Crippen LogP) is 3.52. The van der Waals surface area contributed by atoms with E-state index in [1.807, 2.05) is 50.5 Å². The fourth-order valence-electron chi connectivity index (χ4n) is 4.06. The topological polar surface area (TPSA) is 83.1 Å². The van der Waals surface area contributed by atoms with Gasteiger partial charge >= 0.3 is 0 Å². The number of H-pyrrole nitrogens is 1. The summed E-state index contributed by atoms with van der Waals surface area (Å²) >= 11 is 0. The minimum atomic E-state index is 0.116. The molecular formula is C24H27N7O. The summed E-state index contributed by atoms with van der Waals surface area (Å²) in [6.45, 7) is 8.82. The minimum absolute atomic E-state index is 0.116. The Labute approximate surface area is 187 Å². The zero-order valence-corrected chi connectivity index (χ0v) is 18.4. The Morgan fingerprint density at radius 3 is 2.59 bits per heavy atom. The quantitative estimate of drug-likeness (QED) is 0.502. The summed E-state index contributed by atoms with van der Waals surface area (Å²) in [5, 5.41) is 8.63. The van der Waals surface area contributed by atoms with Crippen molar-refractivity contribution in [2.45, 2.75) is 26.5 Å². The molecule has 164 valence electrons. The molecular weight excluding hydrogens is 402 g/mol. The first-order chi connectivity index (χ1) is 15.7. The van der Waals surface area contributed by atoms with Gasteiger partial charge < -0.3 is 9.64 Å². The lowest BCUT2D eigenvalue weighted by molar-refractivity contribution is 0.243. The minimum Gasteiger partial charge on any atom is -0.491 e. The number of pyridine rings is 1. The second-order valence-electron chi connectivity index (χ2n) is 8.33. The third-order valence-electron chi connectivity index (χ3n) is 5.65. The number of rotatable bonds is 6. The van der Waals surface area contributed by atoms with Gasteiger partial charge in [0.15, 0.2) is 0 Å². The van der Waals surface area contributed by atoms with Crippen molar-refractivity contribution in [2.24, 2.45) is 0 Å². The first-order valence-electron chi connectivity index (χ1n) is 11.0. The molecule has 4 aromatic rings. The van der Waals surface area contributed by atoms with Gasteiger partial charge in [0.2, 0.25) is 0 Å². The van der Waals surface area contributed by atoms with Gasteiger partial charge in [-0.3, -0.25) is 15.0 Å². The van der Waals surface area contributed by atoms with Crippen molar-refractivity contribution in [3.05, 3.63) is 60.7 Å². The summed E-state index contributed by atoms with van der Waals surface area (Å²) in [5.41, 5.74) is 3.88. The highest BCUT2D eigenvalue weighted by atomic mass is 16.5. The molecule has 1 aromatic carbocycles. The Hall–Kier alpha value is -3.52. The van der Waals surface area contributed by atoms with E-state index < -0.39 is 0 Å². The Balaban J connectivity index is 1.32. The maximum Gasteiger partial charge on any atom is 0.132 e. The Kier molecular flexibility index (Phi) is 5.68. The van der Waals surface area contributed by atoms with Crippen molar-refractivity contribution >= 4 is 16.7 Å². The molecule has 4 heterocycles. The van der Waals surface area contributed by atoms with Crippen LogP contribution in [-0.2, 0) is 6.54 Å². The lowest BCUT2D eigenvalue weighted by Crippen LogP contribution is -2.46. The molecule has 1 N–H and O–H groups in total. The molecule has 5 rings (SSSR count). The molecule has 0 aliphatic carbocycles. The van der Waals surface area contributed by atoms with Gasteiger partial charge in [-0.05, 0) is 49.7 Å². The molecule has 0 radical (unpaired) electrons. The SMILES string of the molecule is CC(C)Oc1ccc2[nH]nc(-c3cc(N4CCN(Cc5ccncc5)CC4)ncn3)c2c1. The molecule has 0 unspecified atom stereocenters. The van der Waals surface area contributed by atoms with Crippen LogP contribution < -0.4 is 9.64 Å². The van der Waals surface area contributed by atoms with Gasteiger partial charge in [-0.15, -0.1) is 0 Å². The first-order valence-corrected chi connectivity index (χ1v) is 11.0. The second kappa shape index (κ2) is 8.92. The highest BCUT2D eigenvalue weighted by Gasteiger charge is 2.20. The molecule has 8 nitrogen and oxygen atoms in total. The number of nitrogens with one attached hydrogen (secondary N) is 1. The molecule has 1 saturated heterocycles. The maximum absolute atomic E-state index is 5.86. The van der Waals surface area contributed by atoms with Crippen LogP contribution >= 0.6 is 0 Å². The van der Waals surface area contributed by atoms with Gasteiger partial charge in [0.25, 0.3) is 0 Å². The van der Waals surface area contributed by atoms with Gasteiger partial charge in [-0.2, -0.15) is 5.10 Å². The van der Waals surface area contributed by atoms with Crippen LogP contribution in [0.25, 0.3) is 22.3 Å².